The predicted molar refractivity (Wildman–Crippen MR) is 70.3 cm³/mol. The van der Waals surface area contributed by atoms with Gasteiger partial charge < -0.3 is 14.2 Å². The van der Waals surface area contributed by atoms with Gasteiger partial charge in [-0.3, -0.25) is 14.4 Å². The number of hydrogen-bond acceptors (Lipinski definition) is 6. The molecule has 3 atom stereocenters. The molecular weight excluding hydrogens is 388 g/mol. The van der Waals surface area contributed by atoms with E-state index in [9.17, 15) is 14.4 Å². The minimum absolute atomic E-state index is 0.0874. The molecule has 0 unspecified atom stereocenters. The molecule has 0 N–H and O–H groups in total. The molecule has 2 fully saturated rings. The van der Waals surface area contributed by atoms with Crippen LogP contribution in [0.15, 0.2) is 0 Å². The van der Waals surface area contributed by atoms with Gasteiger partial charge in [-0.05, 0) is 0 Å². The number of ketones is 2. The lowest BCUT2D eigenvalue weighted by Gasteiger charge is -2.38. The van der Waals surface area contributed by atoms with E-state index in [1.807, 2.05) is 0 Å². The van der Waals surface area contributed by atoms with Gasteiger partial charge in [-0.1, -0.05) is 31.9 Å². The molecule has 0 aromatic carbocycles. The number of fused-ring (bicyclic) bond motifs is 2. The Morgan fingerprint density at radius 2 is 1.74 bits per heavy atom. The van der Waals surface area contributed by atoms with Gasteiger partial charge >= 0.3 is 5.97 Å². The van der Waals surface area contributed by atoms with E-state index in [-0.39, 0.29) is 6.42 Å². The summed E-state index contributed by atoms with van der Waals surface area (Å²) in [6, 6.07) is 0. The molecule has 0 amide bonds. The third-order valence-electron chi connectivity index (χ3n) is 3.69. The summed E-state index contributed by atoms with van der Waals surface area (Å²) in [6.07, 6.45) is -0.765. The summed E-state index contributed by atoms with van der Waals surface area (Å²) in [5, 5.41) is 0. The summed E-state index contributed by atoms with van der Waals surface area (Å²) in [4.78, 5) is 35.5. The number of carbonyl (C=O) groups is 3. The standard InChI is InChI=1S/C11H12Br2O6/c1-5(14)19-6-4-9(12)7(15)8(16)10(6,13)11(9,17-2)18-3/h6H,4H2,1-3H3/t6-,9+,10-/m1/s1. The number of alkyl halides is 2. The van der Waals surface area contributed by atoms with Gasteiger partial charge in [0.25, 0.3) is 0 Å². The fraction of sp³-hybridized carbons (Fsp3) is 0.727. The number of carbonyl (C=O) groups excluding carboxylic acids is 3. The maximum atomic E-state index is 12.2. The van der Waals surface area contributed by atoms with E-state index in [0.717, 1.165) is 0 Å². The third-order valence-corrected chi connectivity index (χ3v) is 6.29. The smallest absolute Gasteiger partial charge is 0.302 e. The first-order valence-corrected chi connectivity index (χ1v) is 7.04. The number of ether oxygens (including phenoxy) is 3. The second kappa shape index (κ2) is 4.34. The lowest BCUT2D eigenvalue weighted by atomic mass is 9.95. The molecule has 0 aromatic rings. The van der Waals surface area contributed by atoms with Crippen LogP contribution in [0.2, 0.25) is 0 Å². The topological polar surface area (TPSA) is 78.9 Å². The fourth-order valence-electron chi connectivity index (χ4n) is 2.94. The average molecular weight is 400 g/mol. The largest absolute Gasteiger partial charge is 0.460 e. The molecule has 0 saturated heterocycles. The van der Waals surface area contributed by atoms with Crippen molar-refractivity contribution in [3.05, 3.63) is 0 Å². The molecule has 0 aliphatic heterocycles. The third kappa shape index (κ3) is 1.46. The van der Waals surface area contributed by atoms with Crippen molar-refractivity contribution in [1.82, 2.24) is 0 Å². The highest BCUT2D eigenvalue weighted by Crippen LogP contribution is 2.64. The summed E-state index contributed by atoms with van der Waals surface area (Å²) < 4.78 is 12.9. The summed E-state index contributed by atoms with van der Waals surface area (Å²) in [7, 11) is 2.66. The monoisotopic (exact) mass is 398 g/mol. The van der Waals surface area contributed by atoms with Crippen LogP contribution in [0.25, 0.3) is 0 Å². The molecule has 6 nitrogen and oxygen atoms in total. The Labute approximate surface area is 126 Å². The average Bonchev–Trinajstić information content (AvgIpc) is 2.60. The van der Waals surface area contributed by atoms with E-state index in [4.69, 9.17) is 14.2 Å². The van der Waals surface area contributed by atoms with Crippen molar-refractivity contribution >= 4 is 49.4 Å². The molecule has 0 radical (unpaired) electrons. The zero-order valence-corrected chi connectivity index (χ0v) is 13.7. The zero-order valence-electron chi connectivity index (χ0n) is 10.5. The second-order valence-corrected chi connectivity index (χ2v) is 7.10. The van der Waals surface area contributed by atoms with Gasteiger partial charge in [0, 0.05) is 27.6 Å². The molecule has 2 saturated carbocycles. The zero-order chi connectivity index (χ0) is 14.6. The highest BCUT2D eigenvalue weighted by Gasteiger charge is 2.86. The quantitative estimate of drug-likeness (QED) is 0.301. The molecule has 2 bridgehead atoms. The summed E-state index contributed by atoms with van der Waals surface area (Å²) in [6.45, 7) is 1.23. The first-order valence-electron chi connectivity index (χ1n) is 5.46. The molecule has 2 aliphatic carbocycles. The van der Waals surface area contributed by atoms with Gasteiger partial charge in [-0.15, -0.1) is 0 Å². The van der Waals surface area contributed by atoms with Gasteiger partial charge in [-0.2, -0.15) is 0 Å². The van der Waals surface area contributed by atoms with E-state index in [0.29, 0.717) is 0 Å². The van der Waals surface area contributed by atoms with Crippen molar-refractivity contribution in [3.63, 3.8) is 0 Å². The molecule has 8 heteroatoms. The Balaban J connectivity index is 2.61. The van der Waals surface area contributed by atoms with Gasteiger partial charge in [0.05, 0.1) is 0 Å². The molecule has 2 aliphatic rings. The first-order chi connectivity index (χ1) is 8.71. The Morgan fingerprint density at radius 3 is 2.11 bits per heavy atom. The molecule has 0 spiro atoms. The van der Waals surface area contributed by atoms with E-state index in [1.165, 1.54) is 21.1 Å². The highest BCUT2D eigenvalue weighted by molar-refractivity contribution is 9.11. The molecular formula is C11H12Br2O6. The van der Waals surface area contributed by atoms with Crippen molar-refractivity contribution in [2.45, 2.75) is 33.9 Å². The number of esters is 1. The SMILES string of the molecule is COC1(OC)[C@]2(Br)C[C@@H](OC(C)=O)[C@@]1(Br)C(=O)C2=O. The van der Waals surface area contributed by atoms with Crippen molar-refractivity contribution in [1.29, 1.82) is 0 Å². The minimum Gasteiger partial charge on any atom is -0.460 e. The molecule has 106 valence electrons. The van der Waals surface area contributed by atoms with Crippen LogP contribution >= 0.6 is 31.9 Å². The van der Waals surface area contributed by atoms with Gasteiger partial charge in [-0.25, -0.2) is 0 Å². The Bertz CT molecular complexity index is 474. The maximum absolute atomic E-state index is 12.2. The van der Waals surface area contributed by atoms with E-state index in [1.54, 1.807) is 0 Å². The van der Waals surface area contributed by atoms with Crippen LogP contribution in [0.4, 0.5) is 0 Å². The van der Waals surface area contributed by atoms with E-state index < -0.39 is 38.1 Å². The van der Waals surface area contributed by atoms with Crippen LogP contribution in [0.5, 0.6) is 0 Å². The number of methoxy groups -OCH3 is 2. The van der Waals surface area contributed by atoms with Crippen LogP contribution in [0.3, 0.4) is 0 Å². The lowest BCUT2D eigenvalue weighted by molar-refractivity contribution is -0.218. The van der Waals surface area contributed by atoms with E-state index in [2.05, 4.69) is 31.9 Å². The van der Waals surface area contributed by atoms with Crippen molar-refractivity contribution in [3.8, 4) is 0 Å². The predicted octanol–water partition coefficient (Wildman–Crippen LogP) is 0.730. The van der Waals surface area contributed by atoms with Crippen LogP contribution in [0.1, 0.15) is 13.3 Å². The fourth-order valence-corrected chi connectivity index (χ4v) is 5.42. The number of Topliss-reactive ketones (excluding diaryl/α,β-unsaturated/α-hetero) is 2. The van der Waals surface area contributed by atoms with E-state index >= 15 is 0 Å². The van der Waals surface area contributed by atoms with Gasteiger partial charge in [0.15, 0.2) is 8.65 Å². The first kappa shape index (κ1) is 15.1. The van der Waals surface area contributed by atoms with Crippen molar-refractivity contribution < 1.29 is 28.6 Å². The van der Waals surface area contributed by atoms with Crippen LogP contribution in [0, 0.1) is 0 Å². The number of halogens is 2. The number of rotatable bonds is 3. The van der Waals surface area contributed by atoms with Crippen molar-refractivity contribution in [2.75, 3.05) is 14.2 Å². The summed E-state index contributed by atoms with van der Waals surface area (Å²) >= 11 is 6.50. The summed E-state index contributed by atoms with van der Waals surface area (Å²) in [5.41, 5.74) is 0. The maximum Gasteiger partial charge on any atom is 0.302 e. The molecule has 0 heterocycles. The second-order valence-electron chi connectivity index (χ2n) is 4.50. The van der Waals surface area contributed by atoms with Gasteiger partial charge in [0.2, 0.25) is 17.4 Å². The Kier molecular flexibility index (Phi) is 3.45. The normalized spacial score (nSPS) is 39.7. The Morgan fingerprint density at radius 1 is 1.21 bits per heavy atom. The highest BCUT2D eigenvalue weighted by atomic mass is 79.9. The van der Waals surface area contributed by atoms with Crippen LogP contribution in [-0.2, 0) is 28.6 Å². The molecule has 19 heavy (non-hydrogen) atoms. The van der Waals surface area contributed by atoms with Gasteiger partial charge in [0.1, 0.15) is 6.10 Å². The molecule has 0 aromatic heterocycles. The summed E-state index contributed by atoms with van der Waals surface area (Å²) in [5.74, 6) is -3.50. The lowest BCUT2D eigenvalue weighted by Crippen LogP contribution is -2.58. The minimum atomic E-state index is -1.56. The molecule has 2 rings (SSSR count). The van der Waals surface area contributed by atoms with Crippen LogP contribution < -0.4 is 0 Å². The van der Waals surface area contributed by atoms with Crippen molar-refractivity contribution in [2.24, 2.45) is 0 Å². The number of hydrogen-bond donors (Lipinski definition) is 0. The Hall–Kier alpha value is -0.310. The van der Waals surface area contributed by atoms with Crippen LogP contribution in [-0.4, -0.2) is 52.3 Å².